The second-order valence-electron chi connectivity index (χ2n) is 7.19. The fourth-order valence-electron chi connectivity index (χ4n) is 3.72. The molecule has 1 aliphatic carbocycles. The molecule has 29 heavy (non-hydrogen) atoms. The molecule has 3 aromatic rings. The molecule has 0 atom stereocenters. The van der Waals surface area contributed by atoms with E-state index in [0.717, 1.165) is 40.7 Å². The lowest BCUT2D eigenvalue weighted by Gasteiger charge is -2.25. The van der Waals surface area contributed by atoms with Gasteiger partial charge in [-0.2, -0.15) is 5.26 Å². The van der Waals surface area contributed by atoms with Gasteiger partial charge in [-0.05, 0) is 48.7 Å². The Morgan fingerprint density at radius 2 is 1.79 bits per heavy atom. The lowest BCUT2D eigenvalue weighted by molar-refractivity contribution is 0.339. The summed E-state index contributed by atoms with van der Waals surface area (Å²) in [7, 11) is 0. The minimum Gasteiger partial charge on any atom is -0.299 e. The van der Waals surface area contributed by atoms with Crippen molar-refractivity contribution in [2.24, 2.45) is 0 Å². The van der Waals surface area contributed by atoms with E-state index in [2.05, 4.69) is 20.8 Å². The van der Waals surface area contributed by atoms with Crippen molar-refractivity contribution in [1.82, 2.24) is 14.8 Å². The summed E-state index contributed by atoms with van der Waals surface area (Å²) < 4.78 is 2.27. The molecule has 0 N–H and O–H groups in total. The SMILES string of the molecule is N#Cc1ccc(CSc2nnc(-c3ccc(Cl)cc3Cl)n2C2CCCCC2)cc1. The van der Waals surface area contributed by atoms with Crippen LogP contribution in [0.15, 0.2) is 47.6 Å². The molecule has 1 fully saturated rings. The van der Waals surface area contributed by atoms with Crippen LogP contribution in [0.25, 0.3) is 11.4 Å². The van der Waals surface area contributed by atoms with Crippen LogP contribution in [-0.4, -0.2) is 14.8 Å². The highest BCUT2D eigenvalue weighted by molar-refractivity contribution is 7.98. The molecule has 7 heteroatoms. The Bertz CT molecular complexity index is 1030. The van der Waals surface area contributed by atoms with E-state index in [-0.39, 0.29) is 0 Å². The largest absolute Gasteiger partial charge is 0.299 e. The summed E-state index contributed by atoms with van der Waals surface area (Å²) in [5, 5.41) is 20.1. The first-order valence-electron chi connectivity index (χ1n) is 9.68. The van der Waals surface area contributed by atoms with E-state index in [0.29, 0.717) is 21.7 Å². The number of benzene rings is 2. The molecule has 4 rings (SSSR count). The molecular formula is C22H20Cl2N4S. The topological polar surface area (TPSA) is 54.5 Å². The molecule has 0 saturated heterocycles. The first-order chi connectivity index (χ1) is 14.2. The number of rotatable bonds is 5. The Hall–Kier alpha value is -2.00. The fraction of sp³-hybridized carbons (Fsp3) is 0.318. The minimum atomic E-state index is 0.379. The van der Waals surface area contributed by atoms with Crippen molar-refractivity contribution in [2.75, 3.05) is 0 Å². The highest BCUT2D eigenvalue weighted by atomic mass is 35.5. The maximum Gasteiger partial charge on any atom is 0.192 e. The lowest BCUT2D eigenvalue weighted by Crippen LogP contribution is -2.15. The molecule has 1 aromatic heterocycles. The number of thioether (sulfide) groups is 1. The molecule has 4 nitrogen and oxygen atoms in total. The van der Waals surface area contributed by atoms with Gasteiger partial charge in [0.25, 0.3) is 0 Å². The zero-order valence-electron chi connectivity index (χ0n) is 15.8. The summed E-state index contributed by atoms with van der Waals surface area (Å²) in [6.45, 7) is 0. The van der Waals surface area contributed by atoms with Crippen LogP contribution in [0.2, 0.25) is 10.0 Å². The molecule has 0 spiro atoms. The summed E-state index contributed by atoms with van der Waals surface area (Å²) in [4.78, 5) is 0. The van der Waals surface area contributed by atoms with E-state index in [1.165, 1.54) is 19.3 Å². The second-order valence-corrected chi connectivity index (χ2v) is 8.98. The van der Waals surface area contributed by atoms with Gasteiger partial charge in [-0.1, -0.05) is 66.4 Å². The standard InChI is InChI=1S/C22H20Cl2N4S/c23-17-10-11-19(20(24)12-17)21-26-27-22(28(21)18-4-2-1-3-5-18)29-14-16-8-6-15(13-25)7-9-16/h6-12,18H,1-5,14H2. The van der Waals surface area contributed by atoms with Crippen molar-refractivity contribution in [2.45, 2.75) is 49.1 Å². The number of nitriles is 1. The van der Waals surface area contributed by atoms with Crippen molar-refractivity contribution in [3.63, 3.8) is 0 Å². The zero-order valence-corrected chi connectivity index (χ0v) is 18.1. The summed E-state index contributed by atoms with van der Waals surface area (Å²) >= 11 is 14.2. The third-order valence-electron chi connectivity index (χ3n) is 5.23. The van der Waals surface area contributed by atoms with Gasteiger partial charge in [0.05, 0.1) is 16.7 Å². The van der Waals surface area contributed by atoms with Crippen LogP contribution < -0.4 is 0 Å². The highest BCUT2D eigenvalue weighted by Crippen LogP contribution is 2.38. The maximum atomic E-state index is 8.97. The van der Waals surface area contributed by atoms with E-state index in [1.807, 2.05) is 36.4 Å². The third-order valence-corrected chi connectivity index (χ3v) is 6.79. The zero-order chi connectivity index (χ0) is 20.2. The van der Waals surface area contributed by atoms with Crippen molar-refractivity contribution in [1.29, 1.82) is 5.26 Å². The van der Waals surface area contributed by atoms with E-state index < -0.39 is 0 Å². The molecule has 1 saturated carbocycles. The van der Waals surface area contributed by atoms with E-state index in [4.69, 9.17) is 28.5 Å². The Morgan fingerprint density at radius 1 is 1.03 bits per heavy atom. The van der Waals surface area contributed by atoms with E-state index in [1.54, 1.807) is 17.8 Å². The van der Waals surface area contributed by atoms with E-state index in [9.17, 15) is 0 Å². The fourth-order valence-corrected chi connectivity index (χ4v) is 5.18. The lowest BCUT2D eigenvalue weighted by atomic mass is 9.95. The van der Waals surface area contributed by atoms with Crippen LogP contribution in [0.3, 0.4) is 0 Å². The average Bonchev–Trinajstić information content (AvgIpc) is 3.17. The Balaban J connectivity index is 1.65. The third kappa shape index (κ3) is 4.61. The number of hydrogen-bond donors (Lipinski definition) is 0. The molecule has 1 heterocycles. The van der Waals surface area contributed by atoms with Gasteiger partial charge >= 0.3 is 0 Å². The first-order valence-corrected chi connectivity index (χ1v) is 11.4. The van der Waals surface area contributed by atoms with Crippen molar-refractivity contribution in [3.05, 3.63) is 63.6 Å². The van der Waals surface area contributed by atoms with Gasteiger partial charge < -0.3 is 0 Å². The predicted molar refractivity (Wildman–Crippen MR) is 118 cm³/mol. The Morgan fingerprint density at radius 3 is 2.48 bits per heavy atom. The molecule has 2 aromatic carbocycles. The Labute approximate surface area is 184 Å². The molecule has 0 unspecified atom stereocenters. The number of aromatic nitrogens is 3. The molecule has 0 amide bonds. The van der Waals surface area contributed by atoms with Crippen LogP contribution in [-0.2, 0) is 5.75 Å². The number of hydrogen-bond acceptors (Lipinski definition) is 4. The molecular weight excluding hydrogens is 423 g/mol. The van der Waals surface area contributed by atoms with Gasteiger partial charge in [-0.3, -0.25) is 4.57 Å². The van der Waals surface area contributed by atoms with Gasteiger partial charge in [-0.25, -0.2) is 0 Å². The van der Waals surface area contributed by atoms with Gasteiger partial charge in [0, 0.05) is 22.4 Å². The average molecular weight is 443 g/mol. The Kier molecular flexibility index (Phi) is 6.44. The number of halogens is 2. The normalized spacial score (nSPS) is 14.7. The summed E-state index contributed by atoms with van der Waals surface area (Å²) in [5.74, 6) is 1.58. The maximum absolute atomic E-state index is 8.97. The quantitative estimate of drug-likeness (QED) is 0.402. The van der Waals surface area contributed by atoms with Crippen molar-refractivity contribution >= 4 is 35.0 Å². The smallest absolute Gasteiger partial charge is 0.192 e. The van der Waals surface area contributed by atoms with E-state index >= 15 is 0 Å². The monoisotopic (exact) mass is 442 g/mol. The van der Waals surface area contributed by atoms with Gasteiger partial charge in [0.2, 0.25) is 0 Å². The minimum absolute atomic E-state index is 0.379. The molecule has 0 radical (unpaired) electrons. The van der Waals surface area contributed by atoms with Crippen molar-refractivity contribution < 1.29 is 0 Å². The van der Waals surface area contributed by atoms with Crippen LogP contribution in [0, 0.1) is 11.3 Å². The molecule has 1 aliphatic rings. The van der Waals surface area contributed by atoms with Crippen molar-refractivity contribution in [3.8, 4) is 17.5 Å². The van der Waals surface area contributed by atoms with Gasteiger partial charge in [-0.15, -0.1) is 10.2 Å². The molecule has 0 aliphatic heterocycles. The molecule has 0 bridgehead atoms. The number of nitrogens with zero attached hydrogens (tertiary/aromatic N) is 4. The predicted octanol–water partition coefficient (Wildman–Crippen LogP) is 6.92. The highest BCUT2D eigenvalue weighted by Gasteiger charge is 2.25. The van der Waals surface area contributed by atoms with Gasteiger partial charge in [0.1, 0.15) is 0 Å². The van der Waals surface area contributed by atoms with Crippen LogP contribution in [0.4, 0.5) is 0 Å². The van der Waals surface area contributed by atoms with Crippen LogP contribution in [0.5, 0.6) is 0 Å². The first kappa shape index (κ1) is 20.3. The summed E-state index contributed by atoms with van der Waals surface area (Å²) in [6, 6.07) is 15.7. The van der Waals surface area contributed by atoms with Crippen LogP contribution in [0.1, 0.15) is 49.3 Å². The molecule has 148 valence electrons. The van der Waals surface area contributed by atoms with Crippen LogP contribution >= 0.6 is 35.0 Å². The summed E-state index contributed by atoms with van der Waals surface area (Å²) in [5.41, 5.74) is 2.68. The van der Waals surface area contributed by atoms with Gasteiger partial charge in [0.15, 0.2) is 11.0 Å². The summed E-state index contributed by atoms with van der Waals surface area (Å²) in [6.07, 6.45) is 5.97. The second kappa shape index (κ2) is 9.21.